The third-order valence-electron chi connectivity index (χ3n) is 4.73. The molecule has 0 aliphatic heterocycles. The SMILES string of the molecule is Cc1ccc(CN(C(=O)CSCc2ccc(Cl)cc2)C(C)C(=O)NCC(C)C)cc1. The first-order valence-electron chi connectivity index (χ1n) is 10.2. The van der Waals surface area contributed by atoms with E-state index in [0.29, 0.717) is 29.8 Å². The summed E-state index contributed by atoms with van der Waals surface area (Å²) in [5.41, 5.74) is 3.29. The van der Waals surface area contributed by atoms with Gasteiger partial charge in [0, 0.05) is 23.9 Å². The maximum absolute atomic E-state index is 13.0. The molecule has 0 aromatic heterocycles. The summed E-state index contributed by atoms with van der Waals surface area (Å²) in [5.74, 6) is 1.23. The number of hydrogen-bond acceptors (Lipinski definition) is 3. The fourth-order valence-electron chi connectivity index (χ4n) is 2.84. The van der Waals surface area contributed by atoms with Gasteiger partial charge in [-0.3, -0.25) is 9.59 Å². The second-order valence-electron chi connectivity index (χ2n) is 7.94. The van der Waals surface area contributed by atoms with E-state index >= 15 is 0 Å². The molecule has 0 saturated carbocycles. The van der Waals surface area contributed by atoms with Gasteiger partial charge in [0.1, 0.15) is 6.04 Å². The summed E-state index contributed by atoms with van der Waals surface area (Å²) in [7, 11) is 0. The summed E-state index contributed by atoms with van der Waals surface area (Å²) in [5, 5.41) is 3.65. The monoisotopic (exact) mass is 446 g/mol. The van der Waals surface area contributed by atoms with Gasteiger partial charge in [-0.25, -0.2) is 0 Å². The minimum absolute atomic E-state index is 0.0401. The van der Waals surface area contributed by atoms with Crippen LogP contribution in [0.1, 0.15) is 37.5 Å². The number of hydrogen-bond donors (Lipinski definition) is 1. The van der Waals surface area contributed by atoms with Crippen molar-refractivity contribution >= 4 is 35.2 Å². The van der Waals surface area contributed by atoms with Crippen molar-refractivity contribution in [2.75, 3.05) is 12.3 Å². The molecule has 1 unspecified atom stereocenters. The van der Waals surface area contributed by atoms with Crippen molar-refractivity contribution in [3.8, 4) is 0 Å². The fraction of sp³-hybridized carbons (Fsp3) is 0.417. The molecule has 0 radical (unpaired) electrons. The Hall–Kier alpha value is -1.98. The number of nitrogens with zero attached hydrogens (tertiary/aromatic N) is 1. The molecule has 0 spiro atoms. The quantitative estimate of drug-likeness (QED) is 0.554. The molecule has 4 nitrogen and oxygen atoms in total. The molecule has 0 bridgehead atoms. The Bertz CT molecular complexity index is 822. The van der Waals surface area contributed by atoms with Gasteiger partial charge in [0.05, 0.1) is 5.75 Å². The summed E-state index contributed by atoms with van der Waals surface area (Å²) in [6.07, 6.45) is 0. The van der Waals surface area contributed by atoms with Gasteiger partial charge < -0.3 is 10.2 Å². The number of benzene rings is 2. The average Bonchev–Trinajstić information content (AvgIpc) is 2.72. The van der Waals surface area contributed by atoms with Gasteiger partial charge in [0.2, 0.25) is 11.8 Å². The molecule has 0 aliphatic carbocycles. The predicted octanol–water partition coefficient (Wildman–Crippen LogP) is 5.07. The van der Waals surface area contributed by atoms with Crippen molar-refractivity contribution in [2.45, 2.75) is 46.0 Å². The molecule has 2 amide bonds. The van der Waals surface area contributed by atoms with Gasteiger partial charge in [0.25, 0.3) is 0 Å². The van der Waals surface area contributed by atoms with Crippen molar-refractivity contribution in [1.29, 1.82) is 0 Å². The number of carbonyl (C=O) groups excluding carboxylic acids is 2. The Balaban J connectivity index is 2.04. The zero-order valence-electron chi connectivity index (χ0n) is 18.2. The number of carbonyl (C=O) groups is 2. The van der Waals surface area contributed by atoms with Crippen LogP contribution in [0.15, 0.2) is 48.5 Å². The third kappa shape index (κ3) is 8.04. The van der Waals surface area contributed by atoms with Crippen LogP contribution in [0.2, 0.25) is 5.02 Å². The Morgan fingerprint density at radius 3 is 2.20 bits per heavy atom. The van der Waals surface area contributed by atoms with Gasteiger partial charge >= 0.3 is 0 Å². The van der Waals surface area contributed by atoms with Crippen LogP contribution in [0.4, 0.5) is 0 Å². The number of rotatable bonds is 10. The lowest BCUT2D eigenvalue weighted by Crippen LogP contribution is -2.48. The highest BCUT2D eigenvalue weighted by atomic mass is 35.5. The third-order valence-corrected chi connectivity index (χ3v) is 5.97. The van der Waals surface area contributed by atoms with Crippen LogP contribution in [0, 0.1) is 12.8 Å². The first kappa shape index (κ1) is 24.3. The molecule has 0 saturated heterocycles. The van der Waals surface area contributed by atoms with Crippen LogP contribution < -0.4 is 5.32 Å². The molecule has 0 heterocycles. The minimum Gasteiger partial charge on any atom is -0.354 e. The standard InChI is InChI=1S/C24H31ClN2O2S/c1-17(2)13-26-24(29)19(4)27(14-20-7-5-18(3)6-8-20)23(28)16-30-15-21-9-11-22(25)12-10-21/h5-12,17,19H,13-16H2,1-4H3,(H,26,29). The highest BCUT2D eigenvalue weighted by molar-refractivity contribution is 7.99. The van der Waals surface area contributed by atoms with Crippen molar-refractivity contribution in [3.63, 3.8) is 0 Å². The van der Waals surface area contributed by atoms with E-state index in [1.165, 1.54) is 0 Å². The molecular weight excluding hydrogens is 416 g/mol. The van der Waals surface area contributed by atoms with E-state index in [-0.39, 0.29) is 11.8 Å². The normalized spacial score (nSPS) is 11.9. The summed E-state index contributed by atoms with van der Waals surface area (Å²) in [4.78, 5) is 27.4. The molecule has 0 fully saturated rings. The van der Waals surface area contributed by atoms with E-state index in [0.717, 1.165) is 22.4 Å². The van der Waals surface area contributed by atoms with Crippen molar-refractivity contribution in [1.82, 2.24) is 10.2 Å². The summed E-state index contributed by atoms with van der Waals surface area (Å²) in [6.45, 7) is 8.94. The zero-order chi connectivity index (χ0) is 22.1. The van der Waals surface area contributed by atoms with E-state index in [1.807, 2.05) is 69.3 Å². The molecule has 162 valence electrons. The van der Waals surface area contributed by atoms with Gasteiger partial charge in [-0.1, -0.05) is 67.4 Å². The summed E-state index contributed by atoms with van der Waals surface area (Å²) < 4.78 is 0. The van der Waals surface area contributed by atoms with Crippen molar-refractivity contribution < 1.29 is 9.59 Å². The lowest BCUT2D eigenvalue weighted by molar-refractivity contribution is -0.138. The largest absolute Gasteiger partial charge is 0.354 e. The van der Waals surface area contributed by atoms with Crippen molar-refractivity contribution in [2.24, 2.45) is 5.92 Å². The van der Waals surface area contributed by atoms with Gasteiger partial charge in [-0.15, -0.1) is 11.8 Å². The lowest BCUT2D eigenvalue weighted by atomic mass is 10.1. The lowest BCUT2D eigenvalue weighted by Gasteiger charge is -2.29. The number of aryl methyl sites for hydroxylation is 1. The van der Waals surface area contributed by atoms with Gasteiger partial charge in [-0.05, 0) is 43.0 Å². The van der Waals surface area contributed by atoms with Crippen LogP contribution in [0.25, 0.3) is 0 Å². The van der Waals surface area contributed by atoms with E-state index in [2.05, 4.69) is 5.32 Å². The Morgan fingerprint density at radius 1 is 1.00 bits per heavy atom. The van der Waals surface area contributed by atoms with Crippen LogP contribution in [0.3, 0.4) is 0 Å². The van der Waals surface area contributed by atoms with E-state index in [9.17, 15) is 9.59 Å². The van der Waals surface area contributed by atoms with E-state index in [4.69, 9.17) is 11.6 Å². The first-order chi connectivity index (χ1) is 14.3. The van der Waals surface area contributed by atoms with Crippen LogP contribution >= 0.6 is 23.4 Å². The van der Waals surface area contributed by atoms with Crippen LogP contribution in [0.5, 0.6) is 0 Å². The highest BCUT2D eigenvalue weighted by Crippen LogP contribution is 2.18. The zero-order valence-corrected chi connectivity index (χ0v) is 19.7. The Morgan fingerprint density at radius 2 is 1.60 bits per heavy atom. The second kappa shape index (κ2) is 12.0. The molecule has 2 aromatic carbocycles. The van der Waals surface area contributed by atoms with Gasteiger partial charge in [0.15, 0.2) is 0 Å². The van der Waals surface area contributed by atoms with Crippen molar-refractivity contribution in [3.05, 3.63) is 70.2 Å². The first-order valence-corrected chi connectivity index (χ1v) is 11.7. The number of halogens is 1. The molecule has 0 aliphatic rings. The molecule has 2 rings (SSSR count). The van der Waals surface area contributed by atoms with Gasteiger partial charge in [-0.2, -0.15) is 0 Å². The molecule has 30 heavy (non-hydrogen) atoms. The van der Waals surface area contributed by atoms with E-state index in [1.54, 1.807) is 23.6 Å². The molecule has 2 aromatic rings. The summed E-state index contributed by atoms with van der Waals surface area (Å²) in [6, 6.07) is 15.2. The van der Waals surface area contributed by atoms with E-state index < -0.39 is 6.04 Å². The Kier molecular flexibility index (Phi) is 9.73. The fourth-order valence-corrected chi connectivity index (χ4v) is 3.84. The topological polar surface area (TPSA) is 49.4 Å². The molecule has 1 atom stereocenters. The second-order valence-corrected chi connectivity index (χ2v) is 9.36. The molecule has 6 heteroatoms. The number of amides is 2. The number of thioether (sulfide) groups is 1. The average molecular weight is 447 g/mol. The minimum atomic E-state index is -0.534. The maximum Gasteiger partial charge on any atom is 0.242 e. The molecular formula is C24H31ClN2O2S. The summed E-state index contributed by atoms with van der Waals surface area (Å²) >= 11 is 7.47. The predicted molar refractivity (Wildman–Crippen MR) is 127 cm³/mol. The van der Waals surface area contributed by atoms with Crippen LogP contribution in [-0.4, -0.2) is 35.1 Å². The Labute approximate surface area is 189 Å². The van der Waals surface area contributed by atoms with Crippen LogP contribution in [-0.2, 0) is 21.9 Å². The molecule has 1 N–H and O–H groups in total. The maximum atomic E-state index is 13.0. The number of nitrogens with one attached hydrogen (secondary N) is 1. The smallest absolute Gasteiger partial charge is 0.242 e. The highest BCUT2D eigenvalue weighted by Gasteiger charge is 2.26.